The zero-order chi connectivity index (χ0) is 20.5. The van der Waals surface area contributed by atoms with Crippen LogP contribution in [0.5, 0.6) is 0 Å². The summed E-state index contributed by atoms with van der Waals surface area (Å²) in [4.78, 5) is 4.50. The van der Waals surface area contributed by atoms with Crippen LogP contribution in [0.4, 0.5) is 4.39 Å². The van der Waals surface area contributed by atoms with E-state index in [-0.39, 0.29) is 5.82 Å². The first-order valence-electron chi connectivity index (χ1n) is 11.9. The van der Waals surface area contributed by atoms with E-state index in [1.807, 2.05) is 18.3 Å². The lowest BCUT2D eigenvalue weighted by Gasteiger charge is -2.28. The summed E-state index contributed by atoms with van der Waals surface area (Å²) >= 11 is 0. The highest BCUT2D eigenvalue weighted by Gasteiger charge is 2.20. The summed E-state index contributed by atoms with van der Waals surface area (Å²) in [5.74, 6) is 1.65. The number of aromatic nitrogens is 1. The molecule has 1 fully saturated rings. The van der Waals surface area contributed by atoms with Gasteiger partial charge in [0, 0.05) is 11.8 Å². The summed E-state index contributed by atoms with van der Waals surface area (Å²) in [6, 6.07) is 9.79. The molecule has 0 aliphatic heterocycles. The lowest BCUT2D eigenvalue weighted by Crippen LogP contribution is -2.15. The molecule has 0 atom stereocenters. The monoisotopic (exact) mass is 395 g/mol. The summed E-state index contributed by atoms with van der Waals surface area (Å²) in [5.41, 5.74) is 3.71. The van der Waals surface area contributed by atoms with Crippen molar-refractivity contribution in [2.24, 2.45) is 11.8 Å². The number of benzene rings is 1. The molecule has 1 saturated carbocycles. The van der Waals surface area contributed by atoms with Crippen molar-refractivity contribution in [3.05, 3.63) is 53.5 Å². The van der Waals surface area contributed by atoms with Crippen LogP contribution in [0.15, 0.2) is 36.5 Å². The number of hydrogen-bond acceptors (Lipinski definition) is 1. The van der Waals surface area contributed by atoms with E-state index in [9.17, 15) is 4.39 Å². The van der Waals surface area contributed by atoms with Gasteiger partial charge in [-0.05, 0) is 66.8 Å². The molecular formula is C27H38FN. The maximum absolute atomic E-state index is 14.7. The molecule has 1 aromatic carbocycles. The third-order valence-corrected chi connectivity index (χ3v) is 6.73. The molecule has 2 heteroatoms. The molecule has 0 unspecified atom stereocenters. The van der Waals surface area contributed by atoms with Crippen LogP contribution in [0.2, 0.25) is 0 Å². The van der Waals surface area contributed by atoms with E-state index in [4.69, 9.17) is 0 Å². The normalized spacial score (nSPS) is 19.4. The summed E-state index contributed by atoms with van der Waals surface area (Å²) in [5, 5.41) is 0. The fraction of sp³-hybridized carbons (Fsp3) is 0.593. The van der Waals surface area contributed by atoms with E-state index in [0.29, 0.717) is 5.56 Å². The summed E-state index contributed by atoms with van der Waals surface area (Å²) in [6.07, 6.45) is 17.1. The zero-order valence-electron chi connectivity index (χ0n) is 18.4. The molecule has 0 spiro atoms. The number of hydrogen-bond donors (Lipinski definition) is 0. The van der Waals surface area contributed by atoms with Gasteiger partial charge in [0.25, 0.3) is 0 Å². The minimum absolute atomic E-state index is 0.139. The van der Waals surface area contributed by atoms with Crippen molar-refractivity contribution in [2.45, 2.75) is 90.9 Å². The van der Waals surface area contributed by atoms with Gasteiger partial charge in [-0.2, -0.15) is 0 Å². The van der Waals surface area contributed by atoms with Crippen LogP contribution in [0.3, 0.4) is 0 Å². The van der Waals surface area contributed by atoms with Gasteiger partial charge in [-0.25, -0.2) is 4.39 Å². The van der Waals surface area contributed by atoms with Crippen molar-refractivity contribution in [3.8, 4) is 11.3 Å². The molecule has 0 radical (unpaired) electrons. The summed E-state index contributed by atoms with van der Waals surface area (Å²) < 4.78 is 14.7. The number of nitrogens with zero attached hydrogens (tertiary/aromatic N) is 1. The van der Waals surface area contributed by atoms with E-state index < -0.39 is 0 Å². The molecule has 1 aliphatic rings. The first kappa shape index (κ1) is 22.0. The Morgan fingerprint density at radius 3 is 2.14 bits per heavy atom. The van der Waals surface area contributed by atoms with Gasteiger partial charge < -0.3 is 0 Å². The second-order valence-corrected chi connectivity index (χ2v) is 9.04. The van der Waals surface area contributed by atoms with Gasteiger partial charge >= 0.3 is 0 Å². The van der Waals surface area contributed by atoms with Crippen molar-refractivity contribution in [3.63, 3.8) is 0 Å². The molecule has 0 saturated heterocycles. The van der Waals surface area contributed by atoms with Crippen LogP contribution < -0.4 is 0 Å². The van der Waals surface area contributed by atoms with Gasteiger partial charge in [-0.15, -0.1) is 0 Å². The highest BCUT2D eigenvalue weighted by Crippen LogP contribution is 2.34. The Morgan fingerprint density at radius 1 is 0.828 bits per heavy atom. The van der Waals surface area contributed by atoms with Crippen LogP contribution in [0.1, 0.15) is 89.2 Å². The van der Waals surface area contributed by atoms with Crippen LogP contribution in [-0.4, -0.2) is 4.98 Å². The van der Waals surface area contributed by atoms with Crippen molar-refractivity contribution in [1.82, 2.24) is 4.98 Å². The van der Waals surface area contributed by atoms with E-state index in [1.165, 1.54) is 69.8 Å². The largest absolute Gasteiger partial charge is 0.256 e. The predicted molar refractivity (Wildman–Crippen MR) is 122 cm³/mol. The minimum atomic E-state index is -0.139. The fourth-order valence-corrected chi connectivity index (χ4v) is 4.71. The zero-order valence-corrected chi connectivity index (χ0v) is 18.4. The van der Waals surface area contributed by atoms with Crippen LogP contribution in [-0.2, 0) is 12.8 Å². The molecule has 1 aliphatic carbocycles. The topological polar surface area (TPSA) is 12.9 Å². The van der Waals surface area contributed by atoms with Gasteiger partial charge in [-0.3, -0.25) is 4.98 Å². The molecule has 0 N–H and O–H groups in total. The van der Waals surface area contributed by atoms with Crippen molar-refractivity contribution < 1.29 is 4.39 Å². The van der Waals surface area contributed by atoms with E-state index >= 15 is 0 Å². The standard InChI is InChI=1S/C27H38FN/c1-3-5-7-21-9-11-22(12-10-21)13-14-23-15-17-25(26(28)19-23)27-18-16-24(20-29-27)8-6-4-2/h15-22H,3-14H2,1-2H3. The molecule has 1 heterocycles. The van der Waals surface area contributed by atoms with Gasteiger partial charge in [-0.1, -0.05) is 77.3 Å². The van der Waals surface area contributed by atoms with E-state index in [0.717, 1.165) is 35.9 Å². The lowest BCUT2D eigenvalue weighted by molar-refractivity contribution is 0.250. The van der Waals surface area contributed by atoms with Gasteiger partial charge in [0.15, 0.2) is 0 Å². The SMILES string of the molecule is CCCCc1ccc(-c2ccc(CCC3CCC(CCCC)CC3)cc2F)nc1. The molecular weight excluding hydrogens is 357 g/mol. The highest BCUT2D eigenvalue weighted by molar-refractivity contribution is 5.60. The number of aryl methyl sites for hydroxylation is 2. The Morgan fingerprint density at radius 2 is 1.52 bits per heavy atom. The van der Waals surface area contributed by atoms with Crippen molar-refractivity contribution in [1.29, 1.82) is 0 Å². The Bertz CT molecular complexity index is 729. The third kappa shape index (κ3) is 6.66. The third-order valence-electron chi connectivity index (χ3n) is 6.73. The Kier molecular flexibility index (Phi) is 8.70. The first-order valence-corrected chi connectivity index (χ1v) is 11.9. The first-order chi connectivity index (χ1) is 14.2. The molecule has 158 valence electrons. The minimum Gasteiger partial charge on any atom is -0.256 e. The van der Waals surface area contributed by atoms with Gasteiger partial charge in [0.05, 0.1) is 5.69 Å². The Balaban J connectivity index is 1.51. The smallest absolute Gasteiger partial charge is 0.132 e. The number of pyridine rings is 1. The van der Waals surface area contributed by atoms with E-state index in [1.54, 1.807) is 6.07 Å². The number of unbranched alkanes of at least 4 members (excludes halogenated alkanes) is 2. The molecule has 2 aromatic rings. The maximum Gasteiger partial charge on any atom is 0.132 e. The lowest BCUT2D eigenvalue weighted by atomic mass is 9.78. The average Bonchev–Trinajstić information content (AvgIpc) is 2.76. The predicted octanol–water partition coefficient (Wildman–Crippen LogP) is 8.16. The molecule has 1 nitrogen and oxygen atoms in total. The van der Waals surface area contributed by atoms with E-state index in [2.05, 4.69) is 31.0 Å². The maximum atomic E-state index is 14.7. The second kappa shape index (κ2) is 11.5. The van der Waals surface area contributed by atoms with Crippen LogP contribution in [0, 0.1) is 17.7 Å². The van der Waals surface area contributed by atoms with Crippen LogP contribution in [0.25, 0.3) is 11.3 Å². The summed E-state index contributed by atoms with van der Waals surface area (Å²) in [6.45, 7) is 4.48. The average molecular weight is 396 g/mol. The molecule has 0 amide bonds. The number of halogens is 1. The second-order valence-electron chi connectivity index (χ2n) is 9.04. The summed E-state index contributed by atoms with van der Waals surface area (Å²) in [7, 11) is 0. The highest BCUT2D eigenvalue weighted by atomic mass is 19.1. The quantitative estimate of drug-likeness (QED) is 0.395. The molecule has 0 bridgehead atoms. The molecule has 1 aromatic heterocycles. The fourth-order valence-electron chi connectivity index (χ4n) is 4.71. The molecule has 29 heavy (non-hydrogen) atoms. The molecule has 3 rings (SSSR count). The Hall–Kier alpha value is -1.70. The van der Waals surface area contributed by atoms with Crippen LogP contribution >= 0.6 is 0 Å². The van der Waals surface area contributed by atoms with Crippen molar-refractivity contribution >= 4 is 0 Å². The number of rotatable bonds is 10. The van der Waals surface area contributed by atoms with Crippen molar-refractivity contribution in [2.75, 3.05) is 0 Å². The Labute approximate surface area is 177 Å². The van der Waals surface area contributed by atoms with Gasteiger partial charge in [0.1, 0.15) is 5.82 Å². The van der Waals surface area contributed by atoms with Gasteiger partial charge in [0.2, 0.25) is 0 Å².